The lowest BCUT2D eigenvalue weighted by atomic mass is 10.1. The first-order chi connectivity index (χ1) is 7.54. The van der Waals surface area contributed by atoms with Crippen LogP contribution in [0.25, 0.3) is 10.9 Å². The van der Waals surface area contributed by atoms with Crippen molar-refractivity contribution >= 4 is 10.9 Å². The Labute approximate surface area is 86.7 Å². The number of pyridine rings is 1. The summed E-state index contributed by atoms with van der Waals surface area (Å²) in [7, 11) is 0. The van der Waals surface area contributed by atoms with Gasteiger partial charge >= 0.3 is 0 Å². The Kier molecular flexibility index (Phi) is 2.16. The lowest BCUT2D eigenvalue weighted by Crippen LogP contribution is -2.10. The van der Waals surface area contributed by atoms with Gasteiger partial charge in [-0.15, -0.1) is 0 Å². The van der Waals surface area contributed by atoms with Gasteiger partial charge < -0.3 is 4.98 Å². The molecule has 1 aromatic heterocycles. The Hall–Kier alpha value is -2.29. The first kappa shape index (κ1) is 10.2. The van der Waals surface area contributed by atoms with E-state index in [1.807, 2.05) is 0 Å². The van der Waals surface area contributed by atoms with Gasteiger partial charge in [-0.25, -0.2) is 13.2 Å². The summed E-state index contributed by atoms with van der Waals surface area (Å²) >= 11 is 0. The Balaban J connectivity index is 2.99. The highest BCUT2D eigenvalue weighted by Gasteiger charge is 2.15. The summed E-state index contributed by atoms with van der Waals surface area (Å²) in [5.41, 5.74) is -1.33. The number of benzene rings is 1. The fourth-order valence-electron chi connectivity index (χ4n) is 1.34. The molecule has 0 saturated heterocycles. The molecule has 0 unspecified atom stereocenters. The molecule has 0 spiro atoms. The van der Waals surface area contributed by atoms with Crippen LogP contribution >= 0.6 is 0 Å². The van der Waals surface area contributed by atoms with Crippen molar-refractivity contribution in [3.63, 3.8) is 0 Å². The number of fused-ring (bicyclic) bond motifs is 1. The summed E-state index contributed by atoms with van der Waals surface area (Å²) < 4.78 is 39.0. The average Bonchev–Trinajstić information content (AvgIpc) is 2.26. The average molecular weight is 224 g/mol. The molecule has 3 nitrogen and oxygen atoms in total. The van der Waals surface area contributed by atoms with Crippen molar-refractivity contribution in [1.82, 2.24) is 4.98 Å². The highest BCUT2D eigenvalue weighted by atomic mass is 19.2. The predicted molar refractivity (Wildman–Crippen MR) is 49.2 cm³/mol. The molecule has 2 rings (SSSR count). The number of aromatic nitrogens is 1. The number of hydrogen-bond acceptors (Lipinski definition) is 2. The summed E-state index contributed by atoms with van der Waals surface area (Å²) in [6.07, 6.45) is 0. The van der Waals surface area contributed by atoms with Crippen molar-refractivity contribution in [2.24, 2.45) is 0 Å². The molecule has 0 amide bonds. The third-order valence-electron chi connectivity index (χ3n) is 2.10. The SMILES string of the molecule is N#Cc1cc2c(F)c(F)c(F)cc2[nH]c1=O. The van der Waals surface area contributed by atoms with Crippen LogP contribution in [0.15, 0.2) is 16.9 Å². The van der Waals surface area contributed by atoms with Gasteiger partial charge in [0.1, 0.15) is 11.6 Å². The maximum Gasteiger partial charge on any atom is 0.266 e. The van der Waals surface area contributed by atoms with Crippen LogP contribution in [-0.4, -0.2) is 4.98 Å². The summed E-state index contributed by atoms with van der Waals surface area (Å²) in [6.45, 7) is 0. The van der Waals surface area contributed by atoms with Crippen molar-refractivity contribution < 1.29 is 13.2 Å². The zero-order chi connectivity index (χ0) is 11.9. The van der Waals surface area contributed by atoms with Crippen molar-refractivity contribution in [3.8, 4) is 6.07 Å². The van der Waals surface area contributed by atoms with Crippen molar-refractivity contribution in [2.45, 2.75) is 0 Å². The molecule has 1 heterocycles. The standard InChI is InChI=1S/C10H3F3N2O/c11-6-2-7-5(8(12)9(6)13)1-4(3-14)10(16)15-7/h1-2H,(H,15,16). The van der Waals surface area contributed by atoms with Crippen LogP contribution in [0.1, 0.15) is 5.56 Å². The van der Waals surface area contributed by atoms with Gasteiger partial charge in [-0.05, 0) is 6.07 Å². The van der Waals surface area contributed by atoms with Crippen LogP contribution in [0.5, 0.6) is 0 Å². The second kappa shape index (κ2) is 3.38. The minimum atomic E-state index is -1.64. The smallest absolute Gasteiger partial charge is 0.266 e. The number of nitrogens with zero attached hydrogens (tertiary/aromatic N) is 1. The van der Waals surface area contributed by atoms with E-state index in [0.717, 1.165) is 6.07 Å². The molecule has 80 valence electrons. The van der Waals surface area contributed by atoms with Gasteiger partial charge in [0.25, 0.3) is 5.56 Å². The van der Waals surface area contributed by atoms with E-state index in [1.165, 1.54) is 6.07 Å². The molecule has 0 bridgehead atoms. The molecule has 1 aromatic carbocycles. The van der Waals surface area contributed by atoms with Gasteiger partial charge in [0.2, 0.25) is 0 Å². The van der Waals surface area contributed by atoms with E-state index in [2.05, 4.69) is 4.98 Å². The fourth-order valence-corrected chi connectivity index (χ4v) is 1.34. The number of nitrogens with one attached hydrogen (secondary N) is 1. The van der Waals surface area contributed by atoms with Gasteiger partial charge in [0.05, 0.1) is 5.52 Å². The van der Waals surface area contributed by atoms with E-state index in [9.17, 15) is 18.0 Å². The summed E-state index contributed by atoms with van der Waals surface area (Å²) in [4.78, 5) is 13.2. The molecule has 0 aliphatic heterocycles. The molecule has 16 heavy (non-hydrogen) atoms. The van der Waals surface area contributed by atoms with E-state index in [0.29, 0.717) is 6.07 Å². The molecule has 0 fully saturated rings. The lowest BCUT2D eigenvalue weighted by Gasteiger charge is -2.01. The van der Waals surface area contributed by atoms with Crippen LogP contribution in [0.2, 0.25) is 0 Å². The number of rotatable bonds is 0. The minimum Gasteiger partial charge on any atom is -0.321 e. The molecule has 0 saturated carbocycles. The predicted octanol–water partition coefficient (Wildman–Crippen LogP) is 1.82. The molecule has 0 atom stereocenters. The minimum absolute atomic E-state index is 0.194. The Morgan fingerprint density at radius 2 is 1.88 bits per heavy atom. The van der Waals surface area contributed by atoms with E-state index in [1.54, 1.807) is 0 Å². The molecule has 0 radical (unpaired) electrons. The molecular formula is C10H3F3N2O. The fraction of sp³-hybridized carbons (Fsp3) is 0. The van der Waals surface area contributed by atoms with Crippen LogP contribution in [0.3, 0.4) is 0 Å². The number of hydrogen-bond donors (Lipinski definition) is 1. The second-order valence-electron chi connectivity index (χ2n) is 3.07. The largest absolute Gasteiger partial charge is 0.321 e. The molecular weight excluding hydrogens is 221 g/mol. The van der Waals surface area contributed by atoms with Gasteiger partial charge in [-0.2, -0.15) is 5.26 Å². The van der Waals surface area contributed by atoms with Crippen molar-refractivity contribution in [1.29, 1.82) is 5.26 Å². The van der Waals surface area contributed by atoms with Crippen LogP contribution in [-0.2, 0) is 0 Å². The Bertz CT molecular complexity index is 685. The van der Waals surface area contributed by atoms with E-state index in [-0.39, 0.29) is 16.5 Å². The van der Waals surface area contributed by atoms with Crippen molar-refractivity contribution in [3.05, 3.63) is 45.5 Å². The Morgan fingerprint density at radius 1 is 1.19 bits per heavy atom. The zero-order valence-corrected chi connectivity index (χ0v) is 7.64. The highest BCUT2D eigenvalue weighted by molar-refractivity contribution is 5.80. The Morgan fingerprint density at radius 3 is 2.50 bits per heavy atom. The van der Waals surface area contributed by atoms with E-state index in [4.69, 9.17) is 5.26 Å². The maximum absolute atomic E-state index is 13.3. The second-order valence-corrected chi connectivity index (χ2v) is 3.07. The van der Waals surface area contributed by atoms with Crippen LogP contribution in [0, 0.1) is 28.8 Å². The molecule has 6 heteroatoms. The van der Waals surface area contributed by atoms with Crippen LogP contribution in [0.4, 0.5) is 13.2 Å². The summed E-state index contributed by atoms with van der Waals surface area (Å²) in [6, 6.07) is 3.07. The quantitative estimate of drug-likeness (QED) is 0.694. The molecule has 2 aromatic rings. The highest BCUT2D eigenvalue weighted by Crippen LogP contribution is 2.20. The summed E-state index contributed by atoms with van der Waals surface area (Å²) in [5.74, 6) is -4.46. The van der Waals surface area contributed by atoms with Crippen molar-refractivity contribution in [2.75, 3.05) is 0 Å². The maximum atomic E-state index is 13.3. The van der Waals surface area contributed by atoms with Crippen LogP contribution < -0.4 is 5.56 Å². The molecule has 1 N–H and O–H groups in total. The summed E-state index contributed by atoms with van der Waals surface area (Å²) in [5, 5.41) is 8.19. The zero-order valence-electron chi connectivity index (χ0n) is 7.64. The topological polar surface area (TPSA) is 56.6 Å². The number of aromatic amines is 1. The monoisotopic (exact) mass is 224 g/mol. The normalized spacial score (nSPS) is 10.4. The number of H-pyrrole nitrogens is 1. The number of halogens is 3. The third-order valence-corrected chi connectivity index (χ3v) is 2.10. The van der Waals surface area contributed by atoms with Gasteiger partial charge in [-0.3, -0.25) is 4.79 Å². The van der Waals surface area contributed by atoms with Gasteiger partial charge in [0.15, 0.2) is 17.5 Å². The molecule has 0 aliphatic carbocycles. The van der Waals surface area contributed by atoms with Gasteiger partial charge in [-0.1, -0.05) is 0 Å². The first-order valence-electron chi connectivity index (χ1n) is 4.15. The number of nitriles is 1. The first-order valence-corrected chi connectivity index (χ1v) is 4.15. The van der Waals surface area contributed by atoms with E-state index >= 15 is 0 Å². The lowest BCUT2D eigenvalue weighted by molar-refractivity contribution is 0.453. The van der Waals surface area contributed by atoms with Gasteiger partial charge in [0, 0.05) is 11.5 Å². The molecule has 0 aliphatic rings. The van der Waals surface area contributed by atoms with E-state index < -0.39 is 23.0 Å². The third kappa shape index (κ3) is 1.34.